The fourth-order valence-corrected chi connectivity index (χ4v) is 3.30. The lowest BCUT2D eigenvalue weighted by atomic mass is 10.00. The molecule has 0 aliphatic carbocycles. The number of hydrogen-bond acceptors (Lipinski definition) is 5. The minimum absolute atomic E-state index is 0.239. The van der Waals surface area contributed by atoms with Crippen LogP contribution in [0, 0.1) is 0 Å². The van der Waals surface area contributed by atoms with Gasteiger partial charge in [0, 0.05) is 5.75 Å². The topological polar surface area (TPSA) is 107 Å². The van der Waals surface area contributed by atoms with E-state index in [4.69, 9.17) is 5.11 Å². The number of aliphatic carboxylic acids is 1. The predicted molar refractivity (Wildman–Crippen MR) is 53.5 cm³/mol. The van der Waals surface area contributed by atoms with Gasteiger partial charge < -0.3 is 20.4 Å². The molecule has 0 aromatic carbocycles. The second kappa shape index (κ2) is 3.95. The molecule has 88 valence electrons. The van der Waals surface area contributed by atoms with Crippen LogP contribution in [0.1, 0.15) is 0 Å². The van der Waals surface area contributed by atoms with Gasteiger partial charge in [0.15, 0.2) is 6.04 Å². The standard InChI is InChI=1S/C8H10N2O5S/c11-2-9-4-6(13)10-5(8(14)15)3(12)1-16-7(4)10/h2-5,7,12H,1H2,(H,9,11)(H,14,15)/t3?,4?,5?,7-/m0/s1. The van der Waals surface area contributed by atoms with E-state index in [1.165, 1.54) is 11.8 Å². The van der Waals surface area contributed by atoms with Gasteiger partial charge in [0.25, 0.3) is 0 Å². The van der Waals surface area contributed by atoms with Gasteiger partial charge in [0.05, 0.1) is 6.10 Å². The highest BCUT2D eigenvalue weighted by Crippen LogP contribution is 2.37. The number of nitrogens with zero attached hydrogens (tertiary/aromatic N) is 1. The molecule has 4 atom stereocenters. The van der Waals surface area contributed by atoms with Gasteiger partial charge in [0.2, 0.25) is 12.3 Å². The first-order valence-corrected chi connectivity index (χ1v) is 5.67. The maximum absolute atomic E-state index is 11.6. The molecule has 0 aromatic rings. The summed E-state index contributed by atoms with van der Waals surface area (Å²) in [4.78, 5) is 33.8. The maximum atomic E-state index is 11.6. The third-order valence-corrected chi connectivity index (χ3v) is 4.06. The molecular weight excluding hydrogens is 236 g/mol. The molecule has 0 bridgehead atoms. The molecule has 0 spiro atoms. The van der Waals surface area contributed by atoms with Crippen molar-refractivity contribution in [1.82, 2.24) is 10.2 Å². The zero-order valence-corrected chi connectivity index (χ0v) is 8.88. The largest absolute Gasteiger partial charge is 0.480 e. The number of nitrogens with one attached hydrogen (secondary N) is 1. The molecule has 2 aliphatic heterocycles. The Morgan fingerprint density at radius 1 is 1.62 bits per heavy atom. The number of amides is 2. The van der Waals surface area contributed by atoms with Crippen LogP contribution >= 0.6 is 11.8 Å². The normalized spacial score (nSPS) is 37.3. The molecule has 2 amide bonds. The van der Waals surface area contributed by atoms with Crippen molar-refractivity contribution in [3.05, 3.63) is 0 Å². The quantitative estimate of drug-likeness (QED) is 0.386. The van der Waals surface area contributed by atoms with E-state index < -0.39 is 30.1 Å². The number of rotatable bonds is 3. The molecule has 2 aliphatic rings. The Morgan fingerprint density at radius 3 is 2.88 bits per heavy atom. The van der Waals surface area contributed by atoms with Gasteiger partial charge in [-0.1, -0.05) is 0 Å². The van der Waals surface area contributed by atoms with E-state index in [-0.39, 0.29) is 11.1 Å². The monoisotopic (exact) mass is 246 g/mol. The van der Waals surface area contributed by atoms with Crippen LogP contribution in [0.25, 0.3) is 0 Å². The number of carboxylic acids is 1. The number of β-lactam (4-membered cyclic amide) rings is 1. The van der Waals surface area contributed by atoms with Crippen molar-refractivity contribution in [1.29, 1.82) is 0 Å². The first kappa shape index (κ1) is 11.2. The van der Waals surface area contributed by atoms with E-state index in [1.807, 2.05) is 0 Å². The summed E-state index contributed by atoms with van der Waals surface area (Å²) in [5.41, 5.74) is 0. The summed E-state index contributed by atoms with van der Waals surface area (Å²) in [5, 5.41) is 20.4. The Bertz CT molecular complexity index is 349. The van der Waals surface area contributed by atoms with Gasteiger partial charge in [-0.15, -0.1) is 11.8 Å². The van der Waals surface area contributed by atoms with E-state index in [0.717, 1.165) is 4.90 Å². The molecule has 16 heavy (non-hydrogen) atoms. The summed E-state index contributed by atoms with van der Waals surface area (Å²) < 4.78 is 0. The Morgan fingerprint density at radius 2 is 2.31 bits per heavy atom. The molecule has 2 rings (SSSR count). The fraction of sp³-hybridized carbons (Fsp3) is 0.625. The number of carbonyl (C=O) groups excluding carboxylic acids is 2. The summed E-state index contributed by atoms with van der Waals surface area (Å²) in [6.45, 7) is 0. The van der Waals surface area contributed by atoms with Gasteiger partial charge in [0.1, 0.15) is 11.4 Å². The molecule has 8 heteroatoms. The van der Waals surface area contributed by atoms with Crippen molar-refractivity contribution in [2.45, 2.75) is 23.6 Å². The van der Waals surface area contributed by atoms with Crippen LogP contribution in [-0.2, 0) is 14.4 Å². The van der Waals surface area contributed by atoms with Gasteiger partial charge in [-0.25, -0.2) is 4.79 Å². The SMILES string of the molecule is O=CNC1C(=O)N2C(C(=O)O)C(O)CS[C@@H]12. The first-order valence-electron chi connectivity index (χ1n) is 4.62. The highest BCUT2D eigenvalue weighted by molar-refractivity contribution is 8.00. The second-order valence-electron chi connectivity index (χ2n) is 3.58. The Labute approximate surface area is 94.8 Å². The predicted octanol–water partition coefficient (Wildman–Crippen LogP) is -2.17. The Balaban J connectivity index is 2.16. The lowest BCUT2D eigenvalue weighted by molar-refractivity contribution is -0.167. The van der Waals surface area contributed by atoms with Crippen LogP contribution in [-0.4, -0.2) is 62.7 Å². The van der Waals surface area contributed by atoms with Gasteiger partial charge >= 0.3 is 5.97 Å². The second-order valence-corrected chi connectivity index (χ2v) is 4.73. The van der Waals surface area contributed by atoms with Crippen molar-refractivity contribution < 1.29 is 24.6 Å². The number of aliphatic hydroxyl groups excluding tert-OH is 1. The zero-order chi connectivity index (χ0) is 11.9. The molecule has 0 saturated carbocycles. The number of thioether (sulfide) groups is 1. The van der Waals surface area contributed by atoms with Crippen molar-refractivity contribution in [3.63, 3.8) is 0 Å². The molecule has 3 N–H and O–H groups in total. The van der Waals surface area contributed by atoms with Gasteiger partial charge in [-0.3, -0.25) is 9.59 Å². The van der Waals surface area contributed by atoms with Gasteiger partial charge in [-0.2, -0.15) is 0 Å². The van der Waals surface area contributed by atoms with Crippen LogP contribution < -0.4 is 5.32 Å². The van der Waals surface area contributed by atoms with Crippen LogP contribution in [0.15, 0.2) is 0 Å². The lowest BCUT2D eigenvalue weighted by Crippen LogP contribution is -2.76. The van der Waals surface area contributed by atoms with Crippen LogP contribution in [0.3, 0.4) is 0 Å². The van der Waals surface area contributed by atoms with Crippen LogP contribution in [0.2, 0.25) is 0 Å². The Hall–Kier alpha value is -1.28. The minimum atomic E-state index is -1.23. The number of fused-ring (bicyclic) bond motifs is 1. The molecule has 3 unspecified atom stereocenters. The van der Waals surface area contributed by atoms with Gasteiger partial charge in [-0.05, 0) is 0 Å². The molecule has 7 nitrogen and oxygen atoms in total. The lowest BCUT2D eigenvalue weighted by Gasteiger charge is -2.52. The third kappa shape index (κ3) is 1.45. The molecular formula is C8H10N2O5S. The van der Waals surface area contributed by atoms with Crippen LogP contribution in [0.4, 0.5) is 0 Å². The molecule has 2 fully saturated rings. The molecule has 0 radical (unpaired) electrons. The molecule has 2 heterocycles. The smallest absolute Gasteiger partial charge is 0.329 e. The van der Waals surface area contributed by atoms with E-state index in [0.29, 0.717) is 6.41 Å². The molecule has 0 aromatic heterocycles. The summed E-state index contributed by atoms with van der Waals surface area (Å²) in [7, 11) is 0. The summed E-state index contributed by atoms with van der Waals surface area (Å²) >= 11 is 1.26. The number of aliphatic hydroxyl groups is 1. The number of carbonyl (C=O) groups is 3. The molecule has 2 saturated heterocycles. The maximum Gasteiger partial charge on any atom is 0.329 e. The Kier molecular flexibility index (Phi) is 2.76. The summed E-state index contributed by atoms with van der Waals surface area (Å²) in [5.74, 6) is -1.45. The van der Waals surface area contributed by atoms with Crippen molar-refractivity contribution >= 4 is 30.0 Å². The number of carboxylic acid groups (broad SMARTS) is 1. The summed E-state index contributed by atoms with van der Waals surface area (Å²) in [6.07, 6.45) is -0.652. The average Bonchev–Trinajstić information content (AvgIpc) is 2.25. The van der Waals surface area contributed by atoms with E-state index in [2.05, 4.69) is 5.32 Å². The van der Waals surface area contributed by atoms with Crippen LogP contribution in [0.5, 0.6) is 0 Å². The highest BCUT2D eigenvalue weighted by Gasteiger charge is 2.57. The summed E-state index contributed by atoms with van der Waals surface area (Å²) in [6, 6.07) is -1.87. The third-order valence-electron chi connectivity index (χ3n) is 2.68. The van der Waals surface area contributed by atoms with Crippen molar-refractivity contribution in [2.75, 3.05) is 5.75 Å². The van der Waals surface area contributed by atoms with E-state index in [9.17, 15) is 19.5 Å². The van der Waals surface area contributed by atoms with E-state index in [1.54, 1.807) is 0 Å². The fourth-order valence-electron chi connectivity index (χ4n) is 1.94. The first-order chi connectivity index (χ1) is 7.57. The average molecular weight is 246 g/mol. The highest BCUT2D eigenvalue weighted by atomic mass is 32.2. The van der Waals surface area contributed by atoms with E-state index >= 15 is 0 Å². The zero-order valence-electron chi connectivity index (χ0n) is 8.07. The number of hydrogen-bond donors (Lipinski definition) is 3. The van der Waals surface area contributed by atoms with Crippen molar-refractivity contribution in [3.8, 4) is 0 Å². The van der Waals surface area contributed by atoms with Crippen molar-refractivity contribution in [2.24, 2.45) is 0 Å². The minimum Gasteiger partial charge on any atom is -0.480 e.